The van der Waals surface area contributed by atoms with Gasteiger partial charge in [-0.3, -0.25) is 0 Å². The van der Waals surface area contributed by atoms with Crippen LogP contribution in [0.3, 0.4) is 0 Å². The van der Waals surface area contributed by atoms with Crippen molar-refractivity contribution in [3.8, 4) is 5.75 Å². The van der Waals surface area contributed by atoms with Crippen LogP contribution in [0.25, 0.3) is 0 Å². The van der Waals surface area contributed by atoms with Gasteiger partial charge in [-0.2, -0.15) is 0 Å². The Bertz CT molecular complexity index is 370. The molecule has 0 spiro atoms. The van der Waals surface area contributed by atoms with Crippen molar-refractivity contribution in [3.63, 3.8) is 0 Å². The first-order valence-electron chi connectivity index (χ1n) is 5.11. The molecule has 0 bridgehead atoms. The molecule has 15 heavy (non-hydrogen) atoms. The van der Waals surface area contributed by atoms with Gasteiger partial charge in [-0.15, -0.1) is 0 Å². The molecule has 3 heteroatoms. The molecular weight excluding hydrogens is 188 g/mol. The van der Waals surface area contributed by atoms with Gasteiger partial charge in [0.15, 0.2) is 0 Å². The maximum absolute atomic E-state index is 5.56. The first kappa shape index (κ1) is 9.77. The number of ether oxygens (including phenoxy) is 1. The SMILES string of the molecule is c1ccc(OCCCc2ncc[nH]2)cc1. The maximum Gasteiger partial charge on any atom is 0.119 e. The highest BCUT2D eigenvalue weighted by molar-refractivity contribution is 5.20. The summed E-state index contributed by atoms with van der Waals surface area (Å²) in [4.78, 5) is 7.22. The van der Waals surface area contributed by atoms with Crippen LogP contribution in [0.1, 0.15) is 12.2 Å². The maximum atomic E-state index is 5.56. The molecule has 1 aromatic carbocycles. The lowest BCUT2D eigenvalue weighted by Crippen LogP contribution is -2.00. The average Bonchev–Trinajstić information content (AvgIpc) is 2.79. The number of nitrogens with zero attached hydrogens (tertiary/aromatic N) is 1. The third-order valence-corrected chi connectivity index (χ3v) is 2.12. The number of aromatic nitrogens is 2. The summed E-state index contributed by atoms with van der Waals surface area (Å²) >= 11 is 0. The Kier molecular flexibility index (Phi) is 3.38. The molecule has 1 N–H and O–H groups in total. The minimum Gasteiger partial charge on any atom is -0.494 e. The van der Waals surface area contributed by atoms with Crippen molar-refractivity contribution >= 4 is 0 Å². The van der Waals surface area contributed by atoms with Gasteiger partial charge in [0.2, 0.25) is 0 Å². The van der Waals surface area contributed by atoms with E-state index in [2.05, 4.69) is 9.97 Å². The van der Waals surface area contributed by atoms with Crippen molar-refractivity contribution in [2.75, 3.05) is 6.61 Å². The third kappa shape index (κ3) is 3.13. The van der Waals surface area contributed by atoms with Gasteiger partial charge in [0.1, 0.15) is 11.6 Å². The van der Waals surface area contributed by atoms with E-state index in [1.165, 1.54) is 0 Å². The summed E-state index contributed by atoms with van der Waals surface area (Å²) in [6.45, 7) is 0.727. The van der Waals surface area contributed by atoms with E-state index >= 15 is 0 Å². The summed E-state index contributed by atoms with van der Waals surface area (Å²) in [6.07, 6.45) is 5.52. The van der Waals surface area contributed by atoms with E-state index < -0.39 is 0 Å². The minimum atomic E-state index is 0.727. The Balaban J connectivity index is 1.68. The minimum absolute atomic E-state index is 0.727. The zero-order valence-electron chi connectivity index (χ0n) is 8.52. The van der Waals surface area contributed by atoms with E-state index in [4.69, 9.17) is 4.74 Å². The topological polar surface area (TPSA) is 37.9 Å². The van der Waals surface area contributed by atoms with Gasteiger partial charge in [-0.1, -0.05) is 18.2 Å². The summed E-state index contributed by atoms with van der Waals surface area (Å²) in [6, 6.07) is 9.86. The molecule has 2 rings (SSSR count). The summed E-state index contributed by atoms with van der Waals surface area (Å²) in [7, 11) is 0. The van der Waals surface area contributed by atoms with Gasteiger partial charge >= 0.3 is 0 Å². The number of aromatic amines is 1. The first-order valence-corrected chi connectivity index (χ1v) is 5.11. The number of benzene rings is 1. The molecule has 0 atom stereocenters. The molecule has 1 aromatic heterocycles. The molecule has 0 aliphatic carbocycles. The van der Waals surface area contributed by atoms with Crippen LogP contribution in [0.5, 0.6) is 5.75 Å². The normalized spacial score (nSPS) is 10.1. The Morgan fingerprint density at radius 1 is 1.20 bits per heavy atom. The molecule has 0 amide bonds. The second-order valence-corrected chi connectivity index (χ2v) is 3.30. The summed E-state index contributed by atoms with van der Waals surface area (Å²) in [5.74, 6) is 1.95. The van der Waals surface area contributed by atoms with E-state index in [0.29, 0.717) is 0 Å². The number of hydrogen-bond donors (Lipinski definition) is 1. The highest BCUT2D eigenvalue weighted by atomic mass is 16.5. The zero-order valence-corrected chi connectivity index (χ0v) is 8.52. The second-order valence-electron chi connectivity index (χ2n) is 3.30. The molecular formula is C12H14N2O. The molecule has 3 nitrogen and oxygen atoms in total. The van der Waals surface area contributed by atoms with Crippen molar-refractivity contribution in [1.29, 1.82) is 0 Å². The smallest absolute Gasteiger partial charge is 0.119 e. The van der Waals surface area contributed by atoms with E-state index in [1.54, 1.807) is 6.20 Å². The second kappa shape index (κ2) is 5.20. The number of para-hydroxylation sites is 1. The Labute approximate surface area is 89.1 Å². The van der Waals surface area contributed by atoms with Crippen LogP contribution in [-0.4, -0.2) is 16.6 Å². The molecule has 2 aromatic rings. The van der Waals surface area contributed by atoms with Crippen molar-refractivity contribution in [2.45, 2.75) is 12.8 Å². The molecule has 0 aliphatic heterocycles. The van der Waals surface area contributed by atoms with Gasteiger partial charge in [-0.05, 0) is 18.6 Å². The van der Waals surface area contributed by atoms with Crippen LogP contribution in [0.4, 0.5) is 0 Å². The van der Waals surface area contributed by atoms with Crippen molar-refractivity contribution in [3.05, 3.63) is 48.5 Å². The standard InChI is InChI=1S/C12H14N2O/c1-2-5-11(6-3-1)15-10-4-7-12-13-8-9-14-12/h1-3,5-6,8-9H,4,7,10H2,(H,13,14). The van der Waals surface area contributed by atoms with Crippen LogP contribution < -0.4 is 4.74 Å². The lowest BCUT2D eigenvalue weighted by atomic mass is 10.3. The number of H-pyrrole nitrogens is 1. The molecule has 78 valence electrons. The van der Waals surface area contributed by atoms with Gasteiger partial charge in [0.05, 0.1) is 6.61 Å². The van der Waals surface area contributed by atoms with Gasteiger partial charge in [0.25, 0.3) is 0 Å². The van der Waals surface area contributed by atoms with Crippen molar-refractivity contribution in [2.24, 2.45) is 0 Å². The van der Waals surface area contributed by atoms with E-state index in [0.717, 1.165) is 31.0 Å². The van der Waals surface area contributed by atoms with Gasteiger partial charge < -0.3 is 9.72 Å². The van der Waals surface area contributed by atoms with E-state index in [-0.39, 0.29) is 0 Å². The van der Waals surface area contributed by atoms with Gasteiger partial charge in [0, 0.05) is 18.8 Å². The van der Waals surface area contributed by atoms with E-state index in [1.807, 2.05) is 36.5 Å². The summed E-state index contributed by atoms with van der Waals surface area (Å²) < 4.78 is 5.56. The number of aryl methyl sites for hydroxylation is 1. The fraction of sp³-hybridized carbons (Fsp3) is 0.250. The van der Waals surface area contributed by atoms with E-state index in [9.17, 15) is 0 Å². The highest BCUT2D eigenvalue weighted by Gasteiger charge is 1.95. The fourth-order valence-electron chi connectivity index (χ4n) is 1.38. The van der Waals surface area contributed by atoms with Crippen LogP contribution in [0.2, 0.25) is 0 Å². The van der Waals surface area contributed by atoms with Gasteiger partial charge in [-0.25, -0.2) is 4.98 Å². The molecule has 0 aliphatic rings. The predicted octanol–water partition coefficient (Wildman–Crippen LogP) is 2.42. The zero-order chi connectivity index (χ0) is 10.3. The molecule has 0 saturated heterocycles. The first-order chi connectivity index (χ1) is 7.45. The fourth-order valence-corrected chi connectivity index (χ4v) is 1.38. The number of imidazole rings is 1. The monoisotopic (exact) mass is 202 g/mol. The molecule has 0 fully saturated rings. The third-order valence-electron chi connectivity index (χ3n) is 2.12. The Hall–Kier alpha value is -1.77. The number of rotatable bonds is 5. The summed E-state index contributed by atoms with van der Waals surface area (Å²) in [5.41, 5.74) is 0. The average molecular weight is 202 g/mol. The molecule has 0 unspecified atom stereocenters. The Morgan fingerprint density at radius 2 is 2.07 bits per heavy atom. The largest absolute Gasteiger partial charge is 0.494 e. The van der Waals surface area contributed by atoms with Crippen molar-refractivity contribution < 1.29 is 4.74 Å². The van der Waals surface area contributed by atoms with Crippen LogP contribution in [0, 0.1) is 0 Å². The lowest BCUT2D eigenvalue weighted by Gasteiger charge is -2.04. The number of nitrogens with one attached hydrogen (secondary N) is 1. The quantitative estimate of drug-likeness (QED) is 0.756. The van der Waals surface area contributed by atoms with Crippen LogP contribution in [0.15, 0.2) is 42.7 Å². The predicted molar refractivity (Wildman–Crippen MR) is 58.8 cm³/mol. The Morgan fingerprint density at radius 3 is 2.80 bits per heavy atom. The molecule has 0 radical (unpaired) electrons. The lowest BCUT2D eigenvalue weighted by molar-refractivity contribution is 0.310. The molecule has 1 heterocycles. The highest BCUT2D eigenvalue weighted by Crippen LogP contribution is 2.08. The van der Waals surface area contributed by atoms with Crippen molar-refractivity contribution in [1.82, 2.24) is 9.97 Å². The molecule has 0 saturated carbocycles. The van der Waals surface area contributed by atoms with Crippen LogP contribution in [-0.2, 0) is 6.42 Å². The van der Waals surface area contributed by atoms with Crippen LogP contribution >= 0.6 is 0 Å². The summed E-state index contributed by atoms with van der Waals surface area (Å²) in [5, 5.41) is 0. The number of hydrogen-bond acceptors (Lipinski definition) is 2.